The zero-order chi connectivity index (χ0) is 19.8. The first-order chi connectivity index (χ1) is 13.6. The first kappa shape index (κ1) is 20.1. The number of aryl methyl sites for hydroxylation is 2. The fraction of sp³-hybridized carbons (Fsp3) is 0.240. The van der Waals surface area contributed by atoms with Gasteiger partial charge in [-0.2, -0.15) is 0 Å². The van der Waals surface area contributed by atoms with E-state index in [1.165, 1.54) is 22.3 Å². The van der Waals surface area contributed by atoms with E-state index >= 15 is 0 Å². The van der Waals surface area contributed by atoms with E-state index < -0.39 is 0 Å². The molecule has 0 radical (unpaired) electrons. The molecule has 0 aromatic heterocycles. The number of hydrogen-bond acceptors (Lipinski definition) is 1. The monoisotopic (exact) mass is 388 g/mol. The van der Waals surface area contributed by atoms with Crippen molar-refractivity contribution in [2.45, 2.75) is 26.7 Å². The number of para-hydroxylation sites is 1. The van der Waals surface area contributed by atoms with Crippen LogP contribution in [0.4, 0.5) is 5.69 Å². The summed E-state index contributed by atoms with van der Waals surface area (Å²) in [6.07, 6.45) is 1.95. The molecule has 0 bridgehead atoms. The van der Waals surface area contributed by atoms with Crippen LogP contribution < -0.4 is 5.32 Å². The SMILES string of the molecule is Cc1cccc(C)c1NC(=S)N(CCc1ccccc1)CCc1ccccc1. The number of rotatable bonds is 7. The van der Waals surface area contributed by atoms with Crippen molar-refractivity contribution in [2.24, 2.45) is 0 Å². The second-order valence-corrected chi connectivity index (χ2v) is 7.54. The summed E-state index contributed by atoms with van der Waals surface area (Å²) in [5, 5.41) is 4.30. The van der Waals surface area contributed by atoms with Gasteiger partial charge >= 0.3 is 0 Å². The van der Waals surface area contributed by atoms with E-state index in [4.69, 9.17) is 12.2 Å². The number of benzene rings is 3. The van der Waals surface area contributed by atoms with E-state index in [0.717, 1.165) is 36.7 Å². The first-order valence-corrected chi connectivity index (χ1v) is 10.2. The topological polar surface area (TPSA) is 15.3 Å². The quantitative estimate of drug-likeness (QED) is 0.516. The lowest BCUT2D eigenvalue weighted by Gasteiger charge is -2.27. The van der Waals surface area contributed by atoms with Crippen LogP contribution in [0.3, 0.4) is 0 Å². The van der Waals surface area contributed by atoms with E-state index in [-0.39, 0.29) is 0 Å². The minimum Gasteiger partial charge on any atom is -0.348 e. The molecule has 0 aliphatic carbocycles. The molecule has 0 aliphatic heterocycles. The number of hydrogen-bond donors (Lipinski definition) is 1. The Bertz CT molecular complexity index is 827. The molecule has 2 nitrogen and oxygen atoms in total. The molecular formula is C25H28N2S. The first-order valence-electron chi connectivity index (χ1n) is 9.83. The minimum atomic E-state index is 0.796. The molecule has 1 N–H and O–H groups in total. The van der Waals surface area contributed by atoms with E-state index in [0.29, 0.717) is 0 Å². The van der Waals surface area contributed by atoms with E-state index in [9.17, 15) is 0 Å². The minimum absolute atomic E-state index is 0.796. The molecule has 28 heavy (non-hydrogen) atoms. The molecule has 0 saturated heterocycles. The van der Waals surface area contributed by atoms with Crippen molar-refractivity contribution in [1.29, 1.82) is 0 Å². The third-order valence-electron chi connectivity index (χ3n) is 5.03. The van der Waals surface area contributed by atoms with Gasteiger partial charge in [-0.1, -0.05) is 78.9 Å². The van der Waals surface area contributed by atoms with Crippen LogP contribution in [0.1, 0.15) is 22.3 Å². The fourth-order valence-corrected chi connectivity index (χ4v) is 3.61. The molecule has 0 heterocycles. The van der Waals surface area contributed by atoms with Crippen molar-refractivity contribution in [3.63, 3.8) is 0 Å². The van der Waals surface area contributed by atoms with Gasteiger partial charge in [0, 0.05) is 18.8 Å². The number of nitrogens with one attached hydrogen (secondary N) is 1. The van der Waals surface area contributed by atoms with Crippen LogP contribution >= 0.6 is 12.2 Å². The molecular weight excluding hydrogens is 360 g/mol. The van der Waals surface area contributed by atoms with Gasteiger partial charge in [-0.3, -0.25) is 0 Å². The third kappa shape index (κ3) is 5.67. The van der Waals surface area contributed by atoms with Crippen LogP contribution in [0, 0.1) is 13.8 Å². The Balaban J connectivity index is 1.71. The molecule has 0 saturated carbocycles. The van der Waals surface area contributed by atoms with E-state index in [1.54, 1.807) is 0 Å². The summed E-state index contributed by atoms with van der Waals surface area (Å²) < 4.78 is 0. The second kappa shape index (κ2) is 10.0. The van der Waals surface area contributed by atoms with Gasteiger partial charge in [-0.25, -0.2) is 0 Å². The van der Waals surface area contributed by atoms with Gasteiger partial charge in [0.2, 0.25) is 0 Å². The molecule has 0 unspecified atom stereocenters. The molecule has 0 spiro atoms. The van der Waals surface area contributed by atoms with Crippen LogP contribution in [0.15, 0.2) is 78.9 Å². The van der Waals surface area contributed by atoms with Crippen LogP contribution in [0.2, 0.25) is 0 Å². The summed E-state index contributed by atoms with van der Waals surface area (Å²) in [6.45, 7) is 6.04. The Hall–Kier alpha value is -2.65. The van der Waals surface area contributed by atoms with Gasteiger partial charge in [0.1, 0.15) is 0 Å². The van der Waals surface area contributed by atoms with Crippen LogP contribution in [0.5, 0.6) is 0 Å². The van der Waals surface area contributed by atoms with Crippen molar-refractivity contribution >= 4 is 23.0 Å². The predicted molar refractivity (Wildman–Crippen MR) is 124 cm³/mol. The van der Waals surface area contributed by atoms with Crippen molar-refractivity contribution in [3.05, 3.63) is 101 Å². The zero-order valence-corrected chi connectivity index (χ0v) is 17.5. The maximum Gasteiger partial charge on any atom is 0.173 e. The summed E-state index contributed by atoms with van der Waals surface area (Å²) >= 11 is 5.82. The molecule has 144 valence electrons. The summed E-state index contributed by atoms with van der Waals surface area (Å²) in [7, 11) is 0. The van der Waals surface area contributed by atoms with Crippen molar-refractivity contribution in [1.82, 2.24) is 4.90 Å². The predicted octanol–water partition coefficient (Wildman–Crippen LogP) is 5.79. The summed E-state index contributed by atoms with van der Waals surface area (Å²) in [4.78, 5) is 2.29. The fourth-order valence-electron chi connectivity index (χ4n) is 3.33. The van der Waals surface area contributed by atoms with E-state index in [2.05, 4.69) is 103 Å². The van der Waals surface area contributed by atoms with Crippen molar-refractivity contribution in [3.8, 4) is 0 Å². The Morgan fingerprint density at radius 1 is 0.714 bits per heavy atom. The molecule has 0 amide bonds. The molecule has 3 rings (SSSR count). The number of thiocarbonyl (C=S) groups is 1. The standard InChI is InChI=1S/C25H28N2S/c1-20-10-9-11-21(2)24(20)26-25(28)27(18-16-22-12-5-3-6-13-22)19-17-23-14-7-4-8-15-23/h3-15H,16-19H2,1-2H3,(H,26,28). The maximum atomic E-state index is 5.82. The largest absolute Gasteiger partial charge is 0.348 e. The van der Waals surface area contributed by atoms with Gasteiger partial charge in [0.15, 0.2) is 5.11 Å². The second-order valence-electron chi connectivity index (χ2n) is 7.16. The Labute approximate surface area is 174 Å². The number of anilines is 1. The van der Waals surface area contributed by atoms with Crippen LogP contribution in [-0.4, -0.2) is 23.1 Å². The Morgan fingerprint density at radius 3 is 1.64 bits per heavy atom. The molecule has 0 atom stereocenters. The van der Waals surface area contributed by atoms with Crippen LogP contribution in [0.25, 0.3) is 0 Å². The third-order valence-corrected chi connectivity index (χ3v) is 5.39. The lowest BCUT2D eigenvalue weighted by Crippen LogP contribution is -2.38. The summed E-state index contributed by atoms with van der Waals surface area (Å²) in [5.41, 5.74) is 6.22. The Morgan fingerprint density at radius 2 is 1.18 bits per heavy atom. The highest BCUT2D eigenvalue weighted by Gasteiger charge is 2.12. The highest BCUT2D eigenvalue weighted by molar-refractivity contribution is 7.80. The summed E-state index contributed by atoms with van der Waals surface area (Å²) in [6, 6.07) is 27.5. The Kier molecular flexibility index (Phi) is 7.21. The van der Waals surface area contributed by atoms with Gasteiger partial charge in [0.25, 0.3) is 0 Å². The van der Waals surface area contributed by atoms with Crippen LogP contribution in [-0.2, 0) is 12.8 Å². The van der Waals surface area contributed by atoms with Crippen molar-refractivity contribution in [2.75, 3.05) is 18.4 Å². The zero-order valence-electron chi connectivity index (χ0n) is 16.7. The van der Waals surface area contributed by atoms with Gasteiger partial charge in [-0.15, -0.1) is 0 Å². The lowest BCUT2D eigenvalue weighted by atomic mass is 10.1. The molecule has 0 fully saturated rings. The summed E-state index contributed by atoms with van der Waals surface area (Å²) in [5.74, 6) is 0. The maximum absolute atomic E-state index is 5.82. The molecule has 3 heteroatoms. The smallest absolute Gasteiger partial charge is 0.173 e. The van der Waals surface area contributed by atoms with Crippen molar-refractivity contribution < 1.29 is 0 Å². The van der Waals surface area contributed by atoms with Gasteiger partial charge < -0.3 is 10.2 Å². The normalized spacial score (nSPS) is 10.5. The average Bonchev–Trinajstić information content (AvgIpc) is 2.72. The molecule has 0 aliphatic rings. The van der Waals surface area contributed by atoms with E-state index in [1.807, 2.05) is 0 Å². The lowest BCUT2D eigenvalue weighted by molar-refractivity contribution is 0.432. The number of nitrogens with zero attached hydrogens (tertiary/aromatic N) is 1. The average molecular weight is 389 g/mol. The molecule has 3 aromatic carbocycles. The van der Waals surface area contributed by atoms with Gasteiger partial charge in [-0.05, 0) is 61.2 Å². The highest BCUT2D eigenvalue weighted by Crippen LogP contribution is 2.20. The highest BCUT2D eigenvalue weighted by atomic mass is 32.1. The van der Waals surface area contributed by atoms with Gasteiger partial charge in [0.05, 0.1) is 0 Å². The molecule has 3 aromatic rings.